The van der Waals surface area contributed by atoms with Gasteiger partial charge in [0.15, 0.2) is 5.17 Å². The van der Waals surface area contributed by atoms with Gasteiger partial charge in [-0.3, -0.25) is 4.79 Å². The van der Waals surface area contributed by atoms with Crippen molar-refractivity contribution in [2.24, 2.45) is 16.7 Å². The quantitative estimate of drug-likeness (QED) is 0.362. The van der Waals surface area contributed by atoms with E-state index in [0.29, 0.717) is 6.54 Å². The lowest BCUT2D eigenvalue weighted by Crippen LogP contribution is -2.32. The highest BCUT2D eigenvalue weighted by Gasteiger charge is 2.13. The first-order chi connectivity index (χ1) is 8.19. The number of carbonyl (C=O) groups is 1. The summed E-state index contributed by atoms with van der Waals surface area (Å²) < 4.78 is 0. The van der Waals surface area contributed by atoms with Crippen molar-refractivity contribution in [3.8, 4) is 0 Å². The maximum atomic E-state index is 11.9. The van der Waals surface area contributed by atoms with Crippen molar-refractivity contribution < 1.29 is 4.79 Å². The summed E-state index contributed by atoms with van der Waals surface area (Å²) in [4.78, 5) is 13.6. The fraction of sp³-hybridized carbons (Fsp3) is 0.273. The predicted molar refractivity (Wildman–Crippen MR) is 72.7 cm³/mol. The highest BCUT2D eigenvalue weighted by Crippen LogP contribution is 2.14. The number of amidine groups is 1. The molecule has 0 aliphatic heterocycles. The Kier molecular flexibility index (Phi) is 5.35. The summed E-state index contributed by atoms with van der Waals surface area (Å²) >= 11 is 1.13. The predicted octanol–water partition coefficient (Wildman–Crippen LogP) is 0.961. The molecule has 0 fully saturated rings. The molecule has 17 heavy (non-hydrogen) atoms. The number of amides is 1. The lowest BCUT2D eigenvalue weighted by Gasteiger charge is -2.20. The molecule has 0 aliphatic carbocycles. The number of hydrazone groups is 1. The molecule has 1 aromatic carbocycles. The zero-order chi connectivity index (χ0) is 12.7. The Labute approximate surface area is 105 Å². The minimum Gasteiger partial charge on any atom is -0.377 e. The topological polar surface area (TPSA) is 84.7 Å². The zero-order valence-corrected chi connectivity index (χ0v) is 10.5. The van der Waals surface area contributed by atoms with E-state index in [1.165, 1.54) is 0 Å². The molecule has 0 aliphatic rings. The number of rotatable bonds is 4. The van der Waals surface area contributed by atoms with Gasteiger partial charge in [-0.2, -0.15) is 5.10 Å². The molecule has 1 aromatic rings. The van der Waals surface area contributed by atoms with Crippen LogP contribution in [-0.2, 0) is 4.79 Å². The molecule has 1 rings (SSSR count). The second-order valence-corrected chi connectivity index (χ2v) is 4.23. The Hall–Kier alpha value is -1.69. The van der Waals surface area contributed by atoms with Crippen LogP contribution in [0.25, 0.3) is 0 Å². The van der Waals surface area contributed by atoms with Crippen LogP contribution in [0.3, 0.4) is 0 Å². The fourth-order valence-corrected chi connectivity index (χ4v) is 1.86. The number of hydrogen-bond acceptors (Lipinski definition) is 4. The van der Waals surface area contributed by atoms with E-state index in [1.807, 2.05) is 37.3 Å². The lowest BCUT2D eigenvalue weighted by molar-refractivity contribution is -0.116. The average molecular weight is 252 g/mol. The molecule has 0 radical (unpaired) electrons. The van der Waals surface area contributed by atoms with Crippen molar-refractivity contribution >= 4 is 28.5 Å². The molecular weight excluding hydrogens is 236 g/mol. The van der Waals surface area contributed by atoms with Crippen LogP contribution in [0.5, 0.6) is 0 Å². The van der Waals surface area contributed by atoms with Crippen molar-refractivity contribution in [2.75, 3.05) is 17.2 Å². The first kappa shape index (κ1) is 13.4. The molecule has 0 saturated carbocycles. The van der Waals surface area contributed by atoms with Gasteiger partial charge in [0.05, 0.1) is 5.75 Å². The molecular formula is C11H16N4OS. The van der Waals surface area contributed by atoms with Crippen LogP contribution < -0.4 is 16.5 Å². The van der Waals surface area contributed by atoms with Gasteiger partial charge < -0.3 is 16.5 Å². The number of benzene rings is 1. The van der Waals surface area contributed by atoms with E-state index < -0.39 is 0 Å². The van der Waals surface area contributed by atoms with E-state index in [9.17, 15) is 4.79 Å². The number of hydrogen-bond donors (Lipinski definition) is 2. The van der Waals surface area contributed by atoms with Gasteiger partial charge in [-0.1, -0.05) is 30.0 Å². The molecule has 4 N–H and O–H groups in total. The van der Waals surface area contributed by atoms with Crippen molar-refractivity contribution in [3.05, 3.63) is 30.3 Å². The lowest BCUT2D eigenvalue weighted by atomic mass is 10.3. The summed E-state index contributed by atoms with van der Waals surface area (Å²) in [7, 11) is 0. The van der Waals surface area contributed by atoms with Gasteiger partial charge in [0.1, 0.15) is 0 Å². The van der Waals surface area contributed by atoms with Gasteiger partial charge in [0.25, 0.3) is 0 Å². The highest BCUT2D eigenvalue weighted by molar-refractivity contribution is 8.14. The number of nitrogens with zero attached hydrogens (tertiary/aromatic N) is 2. The number of anilines is 1. The highest BCUT2D eigenvalue weighted by atomic mass is 32.2. The van der Waals surface area contributed by atoms with E-state index in [2.05, 4.69) is 5.10 Å². The van der Waals surface area contributed by atoms with Crippen LogP contribution in [0.15, 0.2) is 35.4 Å². The Morgan fingerprint density at radius 2 is 2.06 bits per heavy atom. The number of carbonyl (C=O) groups excluding carboxylic acids is 1. The van der Waals surface area contributed by atoms with E-state index in [-0.39, 0.29) is 16.8 Å². The van der Waals surface area contributed by atoms with Crippen molar-refractivity contribution in [3.63, 3.8) is 0 Å². The van der Waals surface area contributed by atoms with Crippen LogP contribution in [0.1, 0.15) is 6.92 Å². The number of thioether (sulfide) groups is 1. The van der Waals surface area contributed by atoms with Gasteiger partial charge in [-0.05, 0) is 19.1 Å². The molecule has 0 saturated heterocycles. The van der Waals surface area contributed by atoms with Gasteiger partial charge in [-0.25, -0.2) is 0 Å². The molecule has 0 aromatic heterocycles. The average Bonchev–Trinajstić information content (AvgIpc) is 2.38. The molecule has 0 spiro atoms. The molecule has 0 bridgehead atoms. The van der Waals surface area contributed by atoms with Gasteiger partial charge in [0, 0.05) is 12.2 Å². The van der Waals surface area contributed by atoms with Crippen molar-refractivity contribution in [1.82, 2.24) is 0 Å². The second kappa shape index (κ2) is 6.80. The summed E-state index contributed by atoms with van der Waals surface area (Å²) in [5.74, 6) is 5.21. The Morgan fingerprint density at radius 1 is 1.41 bits per heavy atom. The largest absolute Gasteiger partial charge is 0.377 e. The summed E-state index contributed by atoms with van der Waals surface area (Å²) in [6.45, 7) is 2.54. The van der Waals surface area contributed by atoms with Gasteiger partial charge in [-0.15, -0.1) is 0 Å². The van der Waals surface area contributed by atoms with E-state index in [0.717, 1.165) is 17.4 Å². The van der Waals surface area contributed by atoms with E-state index in [4.69, 9.17) is 11.6 Å². The standard InChI is InChI=1S/C11H16N4OS/c1-2-15(9-6-4-3-5-7-9)10(16)8-17-11(12)14-13/h3-7H,2,8,13H2,1H3,(H2,12,14). The molecule has 0 atom stereocenters. The first-order valence-electron chi connectivity index (χ1n) is 5.20. The fourth-order valence-electron chi connectivity index (χ4n) is 1.36. The molecule has 0 heterocycles. The SMILES string of the molecule is CCN(C(=O)CSC(N)=NN)c1ccccc1. The Balaban J connectivity index is 2.65. The maximum Gasteiger partial charge on any atom is 0.237 e. The van der Waals surface area contributed by atoms with Crippen LogP contribution in [-0.4, -0.2) is 23.4 Å². The summed E-state index contributed by atoms with van der Waals surface area (Å²) in [5, 5.41) is 3.52. The summed E-state index contributed by atoms with van der Waals surface area (Å²) in [6, 6.07) is 9.50. The smallest absolute Gasteiger partial charge is 0.237 e. The monoisotopic (exact) mass is 252 g/mol. The summed E-state index contributed by atoms with van der Waals surface area (Å²) in [5.41, 5.74) is 6.30. The van der Waals surface area contributed by atoms with E-state index in [1.54, 1.807) is 4.90 Å². The normalized spacial score (nSPS) is 11.2. The minimum atomic E-state index is -0.0182. The minimum absolute atomic E-state index is 0.0182. The van der Waals surface area contributed by atoms with Crippen LogP contribution in [0.4, 0.5) is 5.69 Å². The van der Waals surface area contributed by atoms with Gasteiger partial charge in [0.2, 0.25) is 5.91 Å². The molecule has 5 nitrogen and oxygen atoms in total. The Bertz CT molecular complexity index is 394. The third-order valence-electron chi connectivity index (χ3n) is 2.16. The van der Waals surface area contributed by atoms with Crippen molar-refractivity contribution in [2.45, 2.75) is 6.92 Å². The maximum absolute atomic E-state index is 11.9. The van der Waals surface area contributed by atoms with Crippen LogP contribution >= 0.6 is 11.8 Å². The molecule has 6 heteroatoms. The Morgan fingerprint density at radius 3 is 2.59 bits per heavy atom. The van der Waals surface area contributed by atoms with Crippen LogP contribution in [0, 0.1) is 0 Å². The third kappa shape index (κ3) is 3.99. The number of para-hydroxylation sites is 1. The zero-order valence-electron chi connectivity index (χ0n) is 9.67. The molecule has 92 valence electrons. The second-order valence-electron chi connectivity index (χ2n) is 3.23. The molecule has 0 unspecified atom stereocenters. The summed E-state index contributed by atoms with van der Waals surface area (Å²) in [6.07, 6.45) is 0. The number of nitrogens with two attached hydrogens (primary N) is 2. The molecule has 1 amide bonds. The van der Waals surface area contributed by atoms with Gasteiger partial charge >= 0.3 is 0 Å². The van der Waals surface area contributed by atoms with Crippen LogP contribution in [0.2, 0.25) is 0 Å². The first-order valence-corrected chi connectivity index (χ1v) is 6.19. The third-order valence-corrected chi connectivity index (χ3v) is 2.95. The van der Waals surface area contributed by atoms with E-state index >= 15 is 0 Å². The van der Waals surface area contributed by atoms with Crippen molar-refractivity contribution in [1.29, 1.82) is 0 Å².